The lowest BCUT2D eigenvalue weighted by atomic mass is 9.52. The Morgan fingerprint density at radius 2 is 1.83 bits per heavy atom. The molecule has 1 saturated heterocycles. The summed E-state index contributed by atoms with van der Waals surface area (Å²) in [5.41, 5.74) is 2.08. The Kier molecular flexibility index (Phi) is 3.70. The molecule has 3 saturated carbocycles. The Morgan fingerprint density at radius 3 is 2.65 bits per heavy atom. The van der Waals surface area contributed by atoms with Gasteiger partial charge in [0.05, 0.1) is 10.2 Å². The van der Waals surface area contributed by atoms with Crippen LogP contribution >= 0.6 is 23.5 Å². The van der Waals surface area contributed by atoms with Crippen molar-refractivity contribution in [1.82, 2.24) is 0 Å². The Balaban J connectivity index is 1.42. The molecule has 6 atom stereocenters. The molecular formula is C20H30OS2. The van der Waals surface area contributed by atoms with Crippen LogP contribution in [0.4, 0.5) is 0 Å². The molecule has 1 heterocycles. The van der Waals surface area contributed by atoms with Crippen LogP contribution in [-0.2, 0) is 0 Å². The summed E-state index contributed by atoms with van der Waals surface area (Å²) in [4.78, 5) is 0. The average molecular weight is 351 g/mol. The smallest absolute Gasteiger partial charge is 0.0794 e. The normalized spacial score (nSPS) is 51.0. The minimum Gasteiger partial charge on any atom is -0.393 e. The molecule has 1 spiro atoms. The van der Waals surface area contributed by atoms with Crippen molar-refractivity contribution in [3.8, 4) is 0 Å². The molecular weight excluding hydrogens is 320 g/mol. The van der Waals surface area contributed by atoms with Crippen LogP contribution in [0, 0.1) is 29.1 Å². The van der Waals surface area contributed by atoms with E-state index in [2.05, 4.69) is 36.5 Å². The first kappa shape index (κ1) is 15.6. The van der Waals surface area contributed by atoms with Gasteiger partial charge in [-0.05, 0) is 80.5 Å². The second kappa shape index (κ2) is 5.45. The zero-order chi connectivity index (χ0) is 15.7. The number of rotatable bonds is 0. The predicted octanol–water partition coefficient (Wildman–Crippen LogP) is 5.10. The number of allylic oxidation sites excluding steroid dienone is 1. The molecule has 0 bridgehead atoms. The fraction of sp³-hybridized carbons (Fsp3) is 0.900. The van der Waals surface area contributed by atoms with Gasteiger partial charge in [0.15, 0.2) is 0 Å². The minimum atomic E-state index is -0.0219. The zero-order valence-corrected chi connectivity index (χ0v) is 15.9. The number of fused-ring (bicyclic) bond motifs is 5. The van der Waals surface area contributed by atoms with Gasteiger partial charge in [0.25, 0.3) is 0 Å². The molecule has 23 heavy (non-hydrogen) atoms. The zero-order valence-electron chi connectivity index (χ0n) is 14.3. The fourth-order valence-corrected chi connectivity index (χ4v) is 10.2. The second-order valence-electron chi connectivity index (χ2n) is 8.98. The van der Waals surface area contributed by atoms with Crippen LogP contribution in [0.3, 0.4) is 0 Å². The summed E-state index contributed by atoms with van der Waals surface area (Å²) in [6.45, 7) is 2.40. The van der Waals surface area contributed by atoms with Crippen LogP contribution in [0.2, 0.25) is 0 Å². The summed E-state index contributed by atoms with van der Waals surface area (Å²) in [7, 11) is 0. The van der Waals surface area contributed by atoms with Crippen LogP contribution in [0.5, 0.6) is 0 Å². The molecule has 0 aromatic carbocycles. The molecule has 0 aromatic heterocycles. The molecule has 4 aliphatic carbocycles. The highest BCUT2D eigenvalue weighted by atomic mass is 32.2. The van der Waals surface area contributed by atoms with E-state index in [4.69, 9.17) is 0 Å². The third-order valence-electron chi connectivity index (χ3n) is 8.19. The lowest BCUT2D eigenvalue weighted by molar-refractivity contribution is -0.0534. The van der Waals surface area contributed by atoms with E-state index in [0.29, 0.717) is 4.08 Å². The van der Waals surface area contributed by atoms with Crippen molar-refractivity contribution in [1.29, 1.82) is 0 Å². The first-order chi connectivity index (χ1) is 11.1. The third kappa shape index (κ3) is 2.25. The van der Waals surface area contributed by atoms with E-state index >= 15 is 0 Å². The van der Waals surface area contributed by atoms with E-state index < -0.39 is 0 Å². The monoisotopic (exact) mass is 350 g/mol. The van der Waals surface area contributed by atoms with Gasteiger partial charge in [-0.2, -0.15) is 0 Å². The van der Waals surface area contributed by atoms with Gasteiger partial charge in [0.1, 0.15) is 0 Å². The van der Waals surface area contributed by atoms with E-state index in [1.807, 2.05) is 5.57 Å². The van der Waals surface area contributed by atoms with E-state index in [-0.39, 0.29) is 11.5 Å². The molecule has 3 heteroatoms. The topological polar surface area (TPSA) is 20.2 Å². The molecule has 5 aliphatic rings. The molecule has 0 aromatic rings. The van der Waals surface area contributed by atoms with Crippen LogP contribution in [-0.4, -0.2) is 26.8 Å². The van der Waals surface area contributed by atoms with E-state index in [9.17, 15) is 5.11 Å². The van der Waals surface area contributed by atoms with Gasteiger partial charge in [0, 0.05) is 11.5 Å². The van der Waals surface area contributed by atoms with Crippen LogP contribution in [0.15, 0.2) is 11.6 Å². The van der Waals surface area contributed by atoms with Crippen molar-refractivity contribution >= 4 is 23.5 Å². The van der Waals surface area contributed by atoms with Crippen molar-refractivity contribution in [3.63, 3.8) is 0 Å². The summed E-state index contributed by atoms with van der Waals surface area (Å²) in [5.74, 6) is 6.25. The summed E-state index contributed by atoms with van der Waals surface area (Å²) < 4.78 is 0.464. The summed E-state index contributed by atoms with van der Waals surface area (Å²) in [6.07, 6.45) is 13.3. The molecule has 4 fully saturated rings. The highest BCUT2D eigenvalue weighted by Crippen LogP contribution is 2.63. The van der Waals surface area contributed by atoms with E-state index in [1.165, 1.54) is 56.5 Å². The Labute approximate surface area is 149 Å². The first-order valence-corrected chi connectivity index (χ1v) is 11.8. The molecule has 0 amide bonds. The molecule has 1 aliphatic heterocycles. The van der Waals surface area contributed by atoms with E-state index in [0.717, 1.165) is 30.1 Å². The van der Waals surface area contributed by atoms with Crippen molar-refractivity contribution in [2.24, 2.45) is 29.1 Å². The van der Waals surface area contributed by atoms with Gasteiger partial charge < -0.3 is 5.11 Å². The van der Waals surface area contributed by atoms with Crippen molar-refractivity contribution in [2.75, 3.05) is 11.5 Å². The number of aliphatic hydroxyl groups excluding tert-OH is 1. The lowest BCUT2D eigenvalue weighted by Crippen LogP contribution is -2.48. The third-order valence-corrected chi connectivity index (χ3v) is 11.6. The summed E-state index contributed by atoms with van der Waals surface area (Å²) >= 11 is 4.44. The summed E-state index contributed by atoms with van der Waals surface area (Å²) in [5, 5.41) is 10.5. The molecule has 128 valence electrons. The predicted molar refractivity (Wildman–Crippen MR) is 101 cm³/mol. The van der Waals surface area contributed by atoms with Crippen LogP contribution < -0.4 is 0 Å². The molecule has 0 radical (unpaired) electrons. The van der Waals surface area contributed by atoms with Gasteiger partial charge >= 0.3 is 0 Å². The van der Waals surface area contributed by atoms with Gasteiger partial charge in [0.2, 0.25) is 0 Å². The maximum Gasteiger partial charge on any atom is 0.0794 e. The van der Waals surface area contributed by atoms with Gasteiger partial charge in [-0.25, -0.2) is 0 Å². The van der Waals surface area contributed by atoms with Crippen LogP contribution in [0.25, 0.3) is 0 Å². The van der Waals surface area contributed by atoms with Gasteiger partial charge in [-0.15, -0.1) is 23.5 Å². The SMILES string of the molecule is C[C@]12CC[C@H]3[C@@H](CCC4=CC5(CC[C@@H]43)SCCS5)[C@@H]1CC[C@@H]2O. The van der Waals surface area contributed by atoms with Crippen molar-refractivity contribution in [3.05, 3.63) is 11.6 Å². The van der Waals surface area contributed by atoms with Gasteiger partial charge in [-0.1, -0.05) is 18.6 Å². The Hall–Kier alpha value is 0.400. The Morgan fingerprint density at radius 1 is 1.00 bits per heavy atom. The van der Waals surface area contributed by atoms with E-state index in [1.54, 1.807) is 0 Å². The number of aliphatic hydroxyl groups is 1. The molecule has 5 rings (SSSR count). The number of thioether (sulfide) groups is 2. The molecule has 0 unspecified atom stereocenters. The highest BCUT2D eigenvalue weighted by Gasteiger charge is 2.56. The largest absolute Gasteiger partial charge is 0.393 e. The van der Waals surface area contributed by atoms with Gasteiger partial charge in [-0.3, -0.25) is 0 Å². The minimum absolute atomic E-state index is 0.0219. The second-order valence-corrected chi connectivity index (χ2v) is 12.1. The standard InChI is InChI=1S/C20H30OS2/c1-19-8-6-15-14-7-9-20(22-10-11-23-20)12-13(14)2-3-16(15)17(19)4-5-18(19)21/h12,14-18,21H,2-11H2,1H3/t14-,15+,16+,17-,18-,19-/m0/s1. The quantitative estimate of drug-likeness (QED) is 0.614. The van der Waals surface area contributed by atoms with Crippen molar-refractivity contribution in [2.45, 2.75) is 68.5 Å². The maximum absolute atomic E-state index is 10.5. The van der Waals surface area contributed by atoms with Crippen LogP contribution in [0.1, 0.15) is 58.3 Å². The first-order valence-electron chi connectivity index (χ1n) is 9.79. The highest BCUT2D eigenvalue weighted by molar-refractivity contribution is 8.21. The average Bonchev–Trinajstić information content (AvgIpc) is 3.12. The number of hydrogen-bond acceptors (Lipinski definition) is 3. The Bertz CT molecular complexity index is 524. The van der Waals surface area contributed by atoms with Crippen molar-refractivity contribution < 1.29 is 5.11 Å². The number of hydrogen-bond donors (Lipinski definition) is 1. The lowest BCUT2D eigenvalue weighted by Gasteiger charge is -2.54. The molecule has 1 nitrogen and oxygen atoms in total. The maximum atomic E-state index is 10.5. The molecule has 1 N–H and O–H groups in total. The fourth-order valence-electron chi connectivity index (χ4n) is 6.99. The summed E-state index contributed by atoms with van der Waals surface area (Å²) in [6, 6.07) is 0.